The quantitative estimate of drug-likeness (QED) is 0.318. The van der Waals surface area contributed by atoms with E-state index in [-0.39, 0.29) is 23.5 Å². The van der Waals surface area contributed by atoms with Crippen molar-refractivity contribution < 1.29 is 24.2 Å². The lowest BCUT2D eigenvalue weighted by Gasteiger charge is -2.36. The molecule has 3 amide bonds. The summed E-state index contributed by atoms with van der Waals surface area (Å²) in [7, 11) is 0. The second-order valence-electron chi connectivity index (χ2n) is 10.7. The maximum absolute atomic E-state index is 14.0. The molecule has 0 fully saturated rings. The Labute approximate surface area is 217 Å². The Morgan fingerprint density at radius 2 is 1.69 bits per heavy atom. The number of carbonyl (C=O) groups excluding carboxylic acids is 3. The summed E-state index contributed by atoms with van der Waals surface area (Å²) < 4.78 is 5.39. The van der Waals surface area contributed by atoms with Gasteiger partial charge in [0.05, 0.1) is 0 Å². The zero-order chi connectivity index (χ0) is 27.5. The normalized spacial score (nSPS) is 13.1. The largest absolute Gasteiger partial charge is 0.507 e. The lowest BCUT2D eigenvalue weighted by Crippen LogP contribution is -2.55. The van der Waals surface area contributed by atoms with Gasteiger partial charge in [-0.05, 0) is 52.0 Å². The van der Waals surface area contributed by atoms with Crippen LogP contribution in [0.15, 0.2) is 18.2 Å². The number of hydrogen-bond acceptors (Lipinski definition) is 5. The number of aromatic hydroxyl groups is 1. The number of nitrogens with zero attached hydrogens (tertiary/aromatic N) is 1. The fourth-order valence-corrected chi connectivity index (χ4v) is 3.86. The van der Waals surface area contributed by atoms with Crippen LogP contribution in [-0.2, 0) is 14.3 Å². The van der Waals surface area contributed by atoms with Crippen LogP contribution in [0.25, 0.3) is 0 Å². The highest BCUT2D eigenvalue weighted by Crippen LogP contribution is 2.33. The molecule has 2 atom stereocenters. The number of carbonyl (C=O) groups is 3. The number of aryl methyl sites for hydroxylation is 1. The highest BCUT2D eigenvalue weighted by Gasteiger charge is 2.38. The number of alkyl carbamates (subject to hydrolysis) is 1. The first-order valence-corrected chi connectivity index (χ1v) is 13.2. The Balaban J connectivity index is 3.46. The van der Waals surface area contributed by atoms with E-state index in [1.165, 1.54) is 4.90 Å². The van der Waals surface area contributed by atoms with Gasteiger partial charge in [0.1, 0.15) is 23.4 Å². The fraction of sp³-hybridized carbons (Fsp3) is 0.679. The summed E-state index contributed by atoms with van der Waals surface area (Å²) in [6.45, 7) is 15.6. The topological polar surface area (TPSA) is 108 Å². The Kier molecular flexibility index (Phi) is 12.8. The van der Waals surface area contributed by atoms with Crippen molar-refractivity contribution in [1.82, 2.24) is 15.5 Å². The molecule has 0 heterocycles. The lowest BCUT2D eigenvalue weighted by atomic mass is 9.96. The van der Waals surface area contributed by atoms with Crippen LogP contribution < -0.4 is 10.6 Å². The van der Waals surface area contributed by atoms with Crippen LogP contribution in [0, 0.1) is 12.8 Å². The number of nitrogens with one attached hydrogen (secondary N) is 2. The molecular formula is C28H47N3O5. The SMILES string of the molecule is CCCCCNC(=O)C(c1cccc(C)c1O)N(CCCC)C(=O)C(NC(=O)OC(C)(C)C)C(C)C. The van der Waals surface area contributed by atoms with Crippen molar-refractivity contribution in [3.8, 4) is 5.75 Å². The van der Waals surface area contributed by atoms with Crippen molar-refractivity contribution in [2.75, 3.05) is 13.1 Å². The van der Waals surface area contributed by atoms with E-state index in [2.05, 4.69) is 17.6 Å². The van der Waals surface area contributed by atoms with E-state index in [1.54, 1.807) is 45.9 Å². The van der Waals surface area contributed by atoms with E-state index in [0.29, 0.717) is 30.6 Å². The summed E-state index contributed by atoms with van der Waals surface area (Å²) in [5.74, 6) is -1.01. The van der Waals surface area contributed by atoms with Crippen LogP contribution in [-0.4, -0.2) is 52.6 Å². The fourth-order valence-electron chi connectivity index (χ4n) is 3.86. The molecule has 0 aliphatic rings. The molecule has 0 aliphatic heterocycles. The third-order valence-electron chi connectivity index (χ3n) is 5.84. The molecule has 2 unspecified atom stereocenters. The van der Waals surface area contributed by atoms with Crippen LogP contribution >= 0.6 is 0 Å². The van der Waals surface area contributed by atoms with Gasteiger partial charge in [0, 0.05) is 18.7 Å². The summed E-state index contributed by atoms with van der Waals surface area (Å²) in [6.07, 6.45) is 3.60. The molecule has 8 heteroatoms. The monoisotopic (exact) mass is 505 g/mol. The number of phenols is 1. The number of rotatable bonds is 13. The minimum Gasteiger partial charge on any atom is -0.507 e. The first kappa shape index (κ1) is 31.3. The highest BCUT2D eigenvalue weighted by molar-refractivity contribution is 5.92. The van der Waals surface area contributed by atoms with Crippen molar-refractivity contribution in [2.45, 2.75) is 105 Å². The zero-order valence-electron chi connectivity index (χ0n) is 23.4. The third kappa shape index (κ3) is 9.70. The number of para-hydroxylation sites is 1. The number of amides is 3. The van der Waals surface area contributed by atoms with Gasteiger partial charge >= 0.3 is 6.09 Å². The molecule has 0 bridgehead atoms. The third-order valence-corrected chi connectivity index (χ3v) is 5.84. The van der Waals surface area contributed by atoms with Crippen molar-refractivity contribution in [3.05, 3.63) is 29.3 Å². The molecule has 0 aliphatic carbocycles. The summed E-state index contributed by atoms with van der Waals surface area (Å²) in [4.78, 5) is 41.6. The van der Waals surface area contributed by atoms with E-state index in [9.17, 15) is 19.5 Å². The van der Waals surface area contributed by atoms with Crippen LogP contribution in [0.4, 0.5) is 4.79 Å². The van der Waals surface area contributed by atoms with Gasteiger partial charge in [-0.15, -0.1) is 0 Å². The average molecular weight is 506 g/mol. The molecule has 0 aromatic heterocycles. The van der Waals surface area contributed by atoms with Gasteiger partial charge in [0.25, 0.3) is 0 Å². The Bertz CT molecular complexity index is 863. The van der Waals surface area contributed by atoms with Crippen molar-refractivity contribution >= 4 is 17.9 Å². The predicted molar refractivity (Wildman–Crippen MR) is 143 cm³/mol. The number of unbranched alkanes of at least 4 members (excludes halogenated alkanes) is 3. The molecule has 0 spiro atoms. The maximum Gasteiger partial charge on any atom is 0.408 e. The number of ether oxygens (including phenoxy) is 1. The predicted octanol–water partition coefficient (Wildman–Crippen LogP) is 5.23. The van der Waals surface area contributed by atoms with Gasteiger partial charge in [-0.25, -0.2) is 4.79 Å². The standard InChI is InChI=1S/C28H47N3O5/c1-9-11-13-17-29-25(33)23(21-16-14-15-20(5)24(21)32)31(18-12-10-2)26(34)22(19(3)4)30-27(35)36-28(6,7)8/h14-16,19,22-23,32H,9-13,17-18H2,1-8H3,(H,29,33)(H,30,35). The van der Waals surface area contributed by atoms with Crippen LogP contribution in [0.5, 0.6) is 5.75 Å². The smallest absolute Gasteiger partial charge is 0.408 e. The summed E-state index contributed by atoms with van der Waals surface area (Å²) in [5.41, 5.74) is 0.267. The zero-order valence-corrected chi connectivity index (χ0v) is 23.4. The van der Waals surface area contributed by atoms with E-state index < -0.39 is 23.8 Å². The number of hydrogen-bond donors (Lipinski definition) is 3. The van der Waals surface area contributed by atoms with Gasteiger partial charge in [0.15, 0.2) is 0 Å². The van der Waals surface area contributed by atoms with Crippen molar-refractivity contribution in [1.29, 1.82) is 0 Å². The molecule has 0 saturated heterocycles. The molecule has 36 heavy (non-hydrogen) atoms. The molecule has 3 N–H and O–H groups in total. The van der Waals surface area contributed by atoms with Gasteiger partial charge in [0.2, 0.25) is 11.8 Å². The minimum atomic E-state index is -1.03. The Hall–Kier alpha value is -2.77. The summed E-state index contributed by atoms with van der Waals surface area (Å²) in [5, 5.41) is 16.6. The molecule has 1 aromatic carbocycles. The van der Waals surface area contributed by atoms with Crippen LogP contribution in [0.2, 0.25) is 0 Å². The Morgan fingerprint density at radius 1 is 1.06 bits per heavy atom. The molecule has 1 aromatic rings. The maximum atomic E-state index is 14.0. The van der Waals surface area contributed by atoms with Gasteiger partial charge in [-0.1, -0.05) is 65.2 Å². The highest BCUT2D eigenvalue weighted by atomic mass is 16.6. The first-order chi connectivity index (χ1) is 16.8. The van der Waals surface area contributed by atoms with Gasteiger partial charge in [-0.2, -0.15) is 0 Å². The molecule has 0 saturated carbocycles. The van der Waals surface area contributed by atoms with E-state index in [0.717, 1.165) is 25.7 Å². The van der Waals surface area contributed by atoms with Gasteiger partial charge in [-0.3, -0.25) is 9.59 Å². The second-order valence-corrected chi connectivity index (χ2v) is 10.7. The van der Waals surface area contributed by atoms with E-state index in [4.69, 9.17) is 4.74 Å². The Morgan fingerprint density at radius 3 is 2.25 bits per heavy atom. The lowest BCUT2D eigenvalue weighted by molar-refractivity contribution is -0.143. The first-order valence-electron chi connectivity index (χ1n) is 13.2. The molecular weight excluding hydrogens is 458 g/mol. The summed E-state index contributed by atoms with van der Waals surface area (Å²) in [6, 6.07) is 3.26. The van der Waals surface area contributed by atoms with E-state index in [1.807, 2.05) is 20.8 Å². The molecule has 0 radical (unpaired) electrons. The van der Waals surface area contributed by atoms with Gasteiger partial charge < -0.3 is 25.4 Å². The van der Waals surface area contributed by atoms with Crippen LogP contribution in [0.1, 0.15) is 97.7 Å². The average Bonchev–Trinajstić information content (AvgIpc) is 2.78. The summed E-state index contributed by atoms with van der Waals surface area (Å²) >= 11 is 0. The van der Waals surface area contributed by atoms with Crippen molar-refractivity contribution in [3.63, 3.8) is 0 Å². The minimum absolute atomic E-state index is 0.0123. The molecule has 204 valence electrons. The van der Waals surface area contributed by atoms with E-state index >= 15 is 0 Å². The molecule has 8 nitrogen and oxygen atoms in total. The van der Waals surface area contributed by atoms with Crippen molar-refractivity contribution in [2.24, 2.45) is 5.92 Å². The van der Waals surface area contributed by atoms with Crippen LogP contribution in [0.3, 0.4) is 0 Å². The second kappa shape index (κ2) is 14.7. The molecule has 1 rings (SSSR count). The number of phenolic OH excluding ortho intramolecular Hbond substituents is 1. The number of benzene rings is 1.